The van der Waals surface area contributed by atoms with Gasteiger partial charge in [0.2, 0.25) is 5.91 Å². The number of carbonyl (C=O) groups excluding carboxylic acids is 1. The molecule has 0 aromatic heterocycles. The molecule has 3 nitrogen and oxygen atoms in total. The highest BCUT2D eigenvalue weighted by Gasteiger charge is 2.37. The fourth-order valence-electron chi connectivity index (χ4n) is 3.30. The molecule has 1 aromatic carbocycles. The fraction of sp³-hybridized carbons (Fsp3) is 0.588. The molecule has 1 aliphatic carbocycles. The molecule has 3 rings (SSSR count). The molecule has 2 fully saturated rings. The molecular formula is C17H23ClN2O. The molecule has 0 bridgehead atoms. The number of halogens is 1. The van der Waals surface area contributed by atoms with Gasteiger partial charge in [0, 0.05) is 23.5 Å². The van der Waals surface area contributed by atoms with Crippen molar-refractivity contribution in [2.24, 2.45) is 0 Å². The molecule has 21 heavy (non-hydrogen) atoms. The van der Waals surface area contributed by atoms with E-state index in [0.29, 0.717) is 18.5 Å². The third-order valence-corrected chi connectivity index (χ3v) is 4.93. The van der Waals surface area contributed by atoms with Gasteiger partial charge in [-0.25, -0.2) is 0 Å². The molecule has 2 unspecified atom stereocenters. The second-order valence-electron chi connectivity index (χ2n) is 6.23. The van der Waals surface area contributed by atoms with E-state index in [4.69, 9.17) is 11.6 Å². The van der Waals surface area contributed by atoms with Crippen molar-refractivity contribution in [3.05, 3.63) is 34.9 Å². The van der Waals surface area contributed by atoms with Gasteiger partial charge in [-0.1, -0.05) is 29.8 Å². The normalized spacial score (nSPS) is 23.0. The standard InChI is InChI=1S/C17H23ClN2O/c1-12(15-6-2-3-7-16(15)18)20(14-8-9-14)17(21)11-13-5-4-10-19-13/h2-3,6-7,12-14,19H,4-5,8-11H2,1H3. The quantitative estimate of drug-likeness (QED) is 0.902. The second kappa shape index (κ2) is 6.37. The first kappa shape index (κ1) is 14.9. The molecule has 1 saturated carbocycles. The first-order valence-electron chi connectivity index (χ1n) is 7.96. The maximum absolute atomic E-state index is 12.7. The minimum Gasteiger partial charge on any atom is -0.333 e. The first-order chi connectivity index (χ1) is 10.2. The highest BCUT2D eigenvalue weighted by atomic mass is 35.5. The number of rotatable bonds is 5. The van der Waals surface area contributed by atoms with Gasteiger partial charge in [-0.05, 0) is 50.8 Å². The molecule has 0 radical (unpaired) electrons. The van der Waals surface area contributed by atoms with Crippen LogP contribution in [0.3, 0.4) is 0 Å². The molecule has 2 atom stereocenters. The third kappa shape index (κ3) is 3.41. The monoisotopic (exact) mass is 306 g/mol. The van der Waals surface area contributed by atoms with Crippen LogP contribution in [-0.4, -0.2) is 29.4 Å². The van der Waals surface area contributed by atoms with Gasteiger partial charge in [-0.2, -0.15) is 0 Å². The molecule has 4 heteroatoms. The Labute approximate surface area is 131 Å². The van der Waals surface area contributed by atoms with Crippen LogP contribution in [0.25, 0.3) is 0 Å². The number of carbonyl (C=O) groups is 1. The van der Waals surface area contributed by atoms with Crippen LogP contribution in [0.5, 0.6) is 0 Å². The molecule has 1 saturated heterocycles. The van der Waals surface area contributed by atoms with E-state index >= 15 is 0 Å². The zero-order valence-electron chi connectivity index (χ0n) is 12.5. The average Bonchev–Trinajstić information content (AvgIpc) is 3.16. The number of hydrogen-bond donors (Lipinski definition) is 1. The van der Waals surface area contributed by atoms with E-state index in [9.17, 15) is 4.79 Å². The number of hydrogen-bond acceptors (Lipinski definition) is 2. The summed E-state index contributed by atoms with van der Waals surface area (Å²) >= 11 is 6.31. The van der Waals surface area contributed by atoms with Crippen LogP contribution < -0.4 is 5.32 Å². The Hall–Kier alpha value is -1.06. The van der Waals surface area contributed by atoms with Crippen LogP contribution in [0.2, 0.25) is 5.02 Å². The molecular weight excluding hydrogens is 284 g/mol. The average molecular weight is 307 g/mol. The lowest BCUT2D eigenvalue weighted by Gasteiger charge is -2.31. The van der Waals surface area contributed by atoms with Crippen molar-refractivity contribution < 1.29 is 4.79 Å². The number of nitrogens with zero attached hydrogens (tertiary/aromatic N) is 1. The fourth-order valence-corrected chi connectivity index (χ4v) is 3.59. The summed E-state index contributed by atoms with van der Waals surface area (Å²) in [7, 11) is 0. The molecule has 1 N–H and O–H groups in total. The van der Waals surface area contributed by atoms with E-state index in [1.54, 1.807) is 0 Å². The smallest absolute Gasteiger partial charge is 0.224 e. The van der Waals surface area contributed by atoms with Gasteiger partial charge < -0.3 is 10.2 Å². The Morgan fingerprint density at radius 1 is 1.38 bits per heavy atom. The van der Waals surface area contributed by atoms with Crippen molar-refractivity contribution in [2.75, 3.05) is 6.54 Å². The number of nitrogens with one attached hydrogen (secondary N) is 1. The summed E-state index contributed by atoms with van der Waals surface area (Å²) in [5, 5.41) is 4.17. The van der Waals surface area contributed by atoms with Crippen molar-refractivity contribution >= 4 is 17.5 Å². The zero-order chi connectivity index (χ0) is 14.8. The van der Waals surface area contributed by atoms with Gasteiger partial charge in [-0.3, -0.25) is 4.79 Å². The van der Waals surface area contributed by atoms with Gasteiger partial charge in [-0.15, -0.1) is 0 Å². The van der Waals surface area contributed by atoms with E-state index in [0.717, 1.165) is 36.4 Å². The summed E-state index contributed by atoms with van der Waals surface area (Å²) in [6, 6.07) is 8.68. The second-order valence-corrected chi connectivity index (χ2v) is 6.63. The minimum atomic E-state index is 0.0557. The third-order valence-electron chi connectivity index (χ3n) is 4.58. The summed E-state index contributed by atoms with van der Waals surface area (Å²) in [4.78, 5) is 14.8. The van der Waals surface area contributed by atoms with E-state index in [-0.39, 0.29) is 11.9 Å². The van der Waals surface area contributed by atoms with Crippen LogP contribution in [0.15, 0.2) is 24.3 Å². The van der Waals surface area contributed by atoms with Crippen molar-refractivity contribution in [2.45, 2.75) is 57.2 Å². The topological polar surface area (TPSA) is 32.3 Å². The molecule has 114 valence electrons. The molecule has 0 spiro atoms. The predicted molar refractivity (Wildman–Crippen MR) is 85.4 cm³/mol. The predicted octanol–water partition coefficient (Wildman–Crippen LogP) is 3.53. The molecule has 1 heterocycles. The summed E-state index contributed by atoms with van der Waals surface area (Å²) in [5.41, 5.74) is 1.05. The van der Waals surface area contributed by atoms with Crippen molar-refractivity contribution in [1.29, 1.82) is 0 Å². The highest BCUT2D eigenvalue weighted by Crippen LogP contribution is 2.37. The van der Waals surface area contributed by atoms with Crippen LogP contribution in [0.1, 0.15) is 50.6 Å². The first-order valence-corrected chi connectivity index (χ1v) is 8.33. The lowest BCUT2D eigenvalue weighted by molar-refractivity contribution is -0.134. The van der Waals surface area contributed by atoms with Crippen molar-refractivity contribution in [1.82, 2.24) is 10.2 Å². The van der Waals surface area contributed by atoms with E-state index < -0.39 is 0 Å². The Morgan fingerprint density at radius 2 is 2.14 bits per heavy atom. The zero-order valence-corrected chi connectivity index (χ0v) is 13.3. The summed E-state index contributed by atoms with van der Waals surface area (Å²) in [6.45, 7) is 3.14. The summed E-state index contributed by atoms with van der Waals surface area (Å²) in [6.07, 6.45) is 5.16. The van der Waals surface area contributed by atoms with Gasteiger partial charge >= 0.3 is 0 Å². The lowest BCUT2D eigenvalue weighted by Crippen LogP contribution is -2.39. The van der Waals surface area contributed by atoms with E-state index in [1.165, 1.54) is 6.42 Å². The molecule has 1 aliphatic heterocycles. The minimum absolute atomic E-state index is 0.0557. The Bertz CT molecular complexity index is 509. The van der Waals surface area contributed by atoms with Crippen LogP contribution in [-0.2, 0) is 4.79 Å². The Balaban J connectivity index is 1.74. The van der Waals surface area contributed by atoms with Crippen LogP contribution >= 0.6 is 11.6 Å². The highest BCUT2D eigenvalue weighted by molar-refractivity contribution is 6.31. The van der Waals surface area contributed by atoms with Crippen molar-refractivity contribution in [3.8, 4) is 0 Å². The van der Waals surface area contributed by atoms with Gasteiger partial charge in [0.05, 0.1) is 6.04 Å². The Kier molecular flexibility index (Phi) is 4.51. The summed E-state index contributed by atoms with van der Waals surface area (Å²) in [5.74, 6) is 0.268. The molecule has 1 aromatic rings. The number of benzene rings is 1. The summed E-state index contributed by atoms with van der Waals surface area (Å²) < 4.78 is 0. The van der Waals surface area contributed by atoms with Gasteiger partial charge in [0.15, 0.2) is 0 Å². The number of amides is 1. The SMILES string of the molecule is CC(c1ccccc1Cl)N(C(=O)CC1CCCN1)C1CC1. The maximum Gasteiger partial charge on any atom is 0.224 e. The van der Waals surface area contributed by atoms with E-state index in [2.05, 4.69) is 17.1 Å². The van der Waals surface area contributed by atoms with Gasteiger partial charge in [0.1, 0.15) is 0 Å². The van der Waals surface area contributed by atoms with Crippen LogP contribution in [0.4, 0.5) is 0 Å². The van der Waals surface area contributed by atoms with Crippen LogP contribution in [0, 0.1) is 0 Å². The lowest BCUT2D eigenvalue weighted by atomic mass is 10.0. The molecule has 1 amide bonds. The van der Waals surface area contributed by atoms with E-state index in [1.807, 2.05) is 24.3 Å². The van der Waals surface area contributed by atoms with Gasteiger partial charge in [0.25, 0.3) is 0 Å². The Morgan fingerprint density at radius 3 is 2.76 bits per heavy atom. The largest absolute Gasteiger partial charge is 0.333 e. The molecule has 2 aliphatic rings. The maximum atomic E-state index is 12.7. The van der Waals surface area contributed by atoms with Crippen molar-refractivity contribution in [3.63, 3.8) is 0 Å².